The Morgan fingerprint density at radius 1 is 1.10 bits per heavy atom. The molecule has 0 aliphatic carbocycles. The monoisotopic (exact) mass is 418 g/mol. The molecule has 3 heterocycles. The van der Waals surface area contributed by atoms with E-state index in [1.54, 1.807) is 36.7 Å². The van der Waals surface area contributed by atoms with Crippen LogP contribution in [0.4, 0.5) is 10.2 Å². The highest BCUT2D eigenvalue weighted by Crippen LogP contribution is 2.38. The van der Waals surface area contributed by atoms with Crippen molar-refractivity contribution in [1.29, 1.82) is 0 Å². The summed E-state index contributed by atoms with van der Waals surface area (Å²) in [5.74, 6) is -1.19. The number of aryl methyl sites for hydroxylation is 1. The molecule has 0 spiro atoms. The van der Waals surface area contributed by atoms with Gasteiger partial charge in [0.25, 0.3) is 0 Å². The third-order valence-electron chi connectivity index (χ3n) is 4.75. The van der Waals surface area contributed by atoms with Crippen LogP contribution in [-0.4, -0.2) is 33.9 Å². The summed E-state index contributed by atoms with van der Waals surface area (Å²) in [6.07, 6.45) is 2.93. The minimum atomic E-state index is -0.635. The van der Waals surface area contributed by atoms with E-state index in [-0.39, 0.29) is 5.82 Å². The Morgan fingerprint density at radius 2 is 1.87 bits per heavy atom. The number of fused-ring (bicyclic) bond motifs is 1. The molecule has 0 atom stereocenters. The number of halogens is 1. The van der Waals surface area contributed by atoms with Gasteiger partial charge in [-0.05, 0) is 48.4 Å². The predicted octanol–water partition coefficient (Wildman–Crippen LogP) is 4.24. The van der Waals surface area contributed by atoms with Gasteiger partial charge in [0.1, 0.15) is 18.1 Å². The van der Waals surface area contributed by atoms with Gasteiger partial charge in [-0.3, -0.25) is 14.6 Å². The smallest absolute Gasteiger partial charge is 0.315 e. The summed E-state index contributed by atoms with van der Waals surface area (Å²) >= 11 is 0. The largest absolute Gasteiger partial charge is 0.469 e. The third kappa shape index (κ3) is 4.28. The first kappa shape index (κ1) is 20.2. The Balaban J connectivity index is 1.79. The molecule has 0 bridgehead atoms. The Labute approximate surface area is 177 Å². The van der Waals surface area contributed by atoms with E-state index in [0.29, 0.717) is 5.82 Å². The van der Waals surface area contributed by atoms with E-state index in [1.165, 1.54) is 19.2 Å². The Bertz CT molecular complexity index is 1280. The topological polar surface area (TPSA) is 97.0 Å². The van der Waals surface area contributed by atoms with Gasteiger partial charge in [0, 0.05) is 23.5 Å². The number of rotatable bonds is 5. The molecule has 1 amide bonds. The highest BCUT2D eigenvalue weighted by Gasteiger charge is 2.18. The van der Waals surface area contributed by atoms with Crippen LogP contribution in [0.3, 0.4) is 0 Å². The summed E-state index contributed by atoms with van der Waals surface area (Å²) < 4.78 is 18.0. The fourth-order valence-corrected chi connectivity index (χ4v) is 3.34. The summed E-state index contributed by atoms with van der Waals surface area (Å²) in [7, 11) is 1.22. The van der Waals surface area contributed by atoms with Crippen LogP contribution in [0.2, 0.25) is 0 Å². The molecule has 156 valence electrons. The van der Waals surface area contributed by atoms with Crippen molar-refractivity contribution in [3.63, 3.8) is 0 Å². The highest BCUT2D eigenvalue weighted by molar-refractivity contribution is 6.03. The minimum Gasteiger partial charge on any atom is -0.469 e. The summed E-state index contributed by atoms with van der Waals surface area (Å²) in [5, 5.41) is 2.60. The molecule has 4 aromatic rings. The summed E-state index contributed by atoms with van der Waals surface area (Å²) in [4.78, 5) is 35.5. The van der Waals surface area contributed by atoms with Crippen molar-refractivity contribution in [3.05, 3.63) is 66.2 Å². The van der Waals surface area contributed by atoms with E-state index in [2.05, 4.69) is 25.0 Å². The first-order valence-corrected chi connectivity index (χ1v) is 9.52. The van der Waals surface area contributed by atoms with Crippen LogP contribution >= 0.6 is 0 Å². The number of carbonyl (C=O) groups excluding carboxylic acids is 2. The maximum Gasteiger partial charge on any atom is 0.315 e. The molecule has 0 aliphatic heterocycles. The second kappa shape index (κ2) is 8.35. The fraction of sp³-hybridized carbons (Fsp3) is 0.130. The zero-order chi connectivity index (χ0) is 22.0. The molecule has 0 aliphatic rings. The number of pyridine rings is 2. The number of nitrogens with zero attached hydrogens (tertiary/aromatic N) is 2. The first-order valence-electron chi connectivity index (χ1n) is 9.52. The van der Waals surface area contributed by atoms with Crippen LogP contribution in [0.5, 0.6) is 0 Å². The van der Waals surface area contributed by atoms with Gasteiger partial charge in [0.05, 0.1) is 23.8 Å². The average Bonchev–Trinajstić information content (AvgIpc) is 3.13. The summed E-state index contributed by atoms with van der Waals surface area (Å²) in [6, 6.07) is 11.7. The SMILES string of the molecule is COC(=O)CC(=O)Nc1cc(-c2[nH]c3cc(C)cnc3c2-c2ccc(F)cc2)ccn1. The fourth-order valence-electron chi connectivity index (χ4n) is 3.34. The lowest BCUT2D eigenvalue weighted by atomic mass is 10.0. The Kier molecular flexibility index (Phi) is 5.44. The average molecular weight is 418 g/mol. The molecule has 0 radical (unpaired) electrons. The molecule has 7 nitrogen and oxygen atoms in total. The number of amides is 1. The number of esters is 1. The van der Waals surface area contributed by atoms with Gasteiger partial charge in [-0.1, -0.05) is 12.1 Å². The molecule has 0 unspecified atom stereocenters. The molecule has 3 aromatic heterocycles. The molecule has 0 saturated heterocycles. The van der Waals surface area contributed by atoms with E-state index in [1.807, 2.05) is 13.0 Å². The van der Waals surface area contributed by atoms with Crippen molar-refractivity contribution >= 4 is 28.7 Å². The summed E-state index contributed by atoms with van der Waals surface area (Å²) in [6.45, 7) is 1.95. The van der Waals surface area contributed by atoms with Gasteiger partial charge in [0.15, 0.2) is 0 Å². The number of carbonyl (C=O) groups is 2. The van der Waals surface area contributed by atoms with E-state index >= 15 is 0 Å². The van der Waals surface area contributed by atoms with Gasteiger partial charge in [0.2, 0.25) is 5.91 Å². The van der Waals surface area contributed by atoms with Crippen molar-refractivity contribution < 1.29 is 18.7 Å². The number of H-pyrrole nitrogens is 1. The quantitative estimate of drug-likeness (QED) is 0.373. The third-order valence-corrected chi connectivity index (χ3v) is 4.75. The second-order valence-corrected chi connectivity index (χ2v) is 7.02. The number of benzene rings is 1. The lowest BCUT2D eigenvalue weighted by molar-refractivity contribution is -0.142. The number of hydrogen-bond acceptors (Lipinski definition) is 5. The van der Waals surface area contributed by atoms with Crippen LogP contribution in [-0.2, 0) is 14.3 Å². The van der Waals surface area contributed by atoms with Gasteiger partial charge in [-0.2, -0.15) is 0 Å². The predicted molar refractivity (Wildman–Crippen MR) is 115 cm³/mol. The molecule has 2 N–H and O–H groups in total. The Hall–Kier alpha value is -4.07. The molecule has 0 saturated carbocycles. The standard InChI is InChI=1S/C23H19FN4O3/c1-13-9-17-23(26-12-13)21(14-3-5-16(24)6-4-14)22(27-17)15-7-8-25-18(10-15)28-19(29)11-20(30)31-2/h3-10,12,27H,11H2,1-2H3,(H,25,28,29). The molecule has 31 heavy (non-hydrogen) atoms. The molecular weight excluding hydrogens is 399 g/mol. The van der Waals surface area contributed by atoms with Crippen molar-refractivity contribution in [3.8, 4) is 22.4 Å². The molecule has 1 aromatic carbocycles. The first-order chi connectivity index (χ1) is 14.9. The zero-order valence-corrected chi connectivity index (χ0v) is 16.9. The maximum absolute atomic E-state index is 13.5. The van der Waals surface area contributed by atoms with Crippen LogP contribution in [0.15, 0.2) is 54.9 Å². The number of aromatic amines is 1. The van der Waals surface area contributed by atoms with Gasteiger partial charge in [-0.15, -0.1) is 0 Å². The number of ether oxygens (including phenoxy) is 1. The van der Waals surface area contributed by atoms with Crippen molar-refractivity contribution in [2.24, 2.45) is 0 Å². The van der Waals surface area contributed by atoms with Crippen LogP contribution in [0.25, 0.3) is 33.4 Å². The second-order valence-electron chi connectivity index (χ2n) is 7.02. The van der Waals surface area contributed by atoms with E-state index in [9.17, 15) is 14.0 Å². The zero-order valence-electron chi connectivity index (χ0n) is 16.9. The van der Waals surface area contributed by atoms with E-state index < -0.39 is 18.3 Å². The van der Waals surface area contributed by atoms with Crippen molar-refractivity contribution in [2.75, 3.05) is 12.4 Å². The lowest BCUT2D eigenvalue weighted by Crippen LogP contribution is -2.17. The van der Waals surface area contributed by atoms with Gasteiger partial charge < -0.3 is 15.0 Å². The molecule has 4 rings (SSSR count). The number of anilines is 1. The highest BCUT2D eigenvalue weighted by atomic mass is 19.1. The lowest BCUT2D eigenvalue weighted by Gasteiger charge is -2.08. The van der Waals surface area contributed by atoms with Crippen LogP contribution in [0.1, 0.15) is 12.0 Å². The molecule has 0 fully saturated rings. The van der Waals surface area contributed by atoms with Gasteiger partial charge in [-0.25, -0.2) is 9.37 Å². The number of aromatic nitrogens is 3. The van der Waals surface area contributed by atoms with Crippen LogP contribution < -0.4 is 5.32 Å². The Morgan fingerprint density at radius 3 is 2.61 bits per heavy atom. The molecular formula is C23H19FN4O3. The van der Waals surface area contributed by atoms with Gasteiger partial charge >= 0.3 is 5.97 Å². The molecule has 8 heteroatoms. The normalized spacial score (nSPS) is 10.8. The summed E-state index contributed by atoms with van der Waals surface area (Å²) in [5.41, 5.74) is 5.70. The van der Waals surface area contributed by atoms with E-state index in [0.717, 1.165) is 39.0 Å². The number of methoxy groups -OCH3 is 1. The maximum atomic E-state index is 13.5. The van der Waals surface area contributed by atoms with Crippen LogP contribution in [0, 0.1) is 12.7 Å². The minimum absolute atomic E-state index is 0.291. The van der Waals surface area contributed by atoms with Crippen molar-refractivity contribution in [1.82, 2.24) is 15.0 Å². The van der Waals surface area contributed by atoms with E-state index in [4.69, 9.17) is 0 Å². The van der Waals surface area contributed by atoms with Crippen molar-refractivity contribution in [2.45, 2.75) is 13.3 Å². The number of hydrogen-bond donors (Lipinski definition) is 2. The number of nitrogens with one attached hydrogen (secondary N) is 2.